The minimum Gasteiger partial charge on any atom is -0.454 e. The molecule has 1 aromatic heterocycles. The van der Waals surface area contributed by atoms with Crippen LogP contribution in [-0.2, 0) is 18.3 Å². The summed E-state index contributed by atoms with van der Waals surface area (Å²) < 4.78 is 12.3. The number of aryl methyl sites for hydroxylation is 1. The molecule has 0 aliphatic carbocycles. The summed E-state index contributed by atoms with van der Waals surface area (Å²) >= 11 is 0. The monoisotopic (exact) mass is 259 g/mol. The van der Waals surface area contributed by atoms with Gasteiger partial charge in [0.15, 0.2) is 11.5 Å². The van der Waals surface area contributed by atoms with Crippen LogP contribution in [0.25, 0.3) is 0 Å². The van der Waals surface area contributed by atoms with E-state index in [-0.39, 0.29) is 19.1 Å². The maximum absolute atomic E-state index is 11.9. The molecule has 2 heterocycles. The van der Waals surface area contributed by atoms with E-state index in [9.17, 15) is 4.79 Å². The molecule has 3 rings (SSSR count). The Morgan fingerprint density at radius 3 is 3.05 bits per heavy atom. The van der Waals surface area contributed by atoms with Crippen LogP contribution in [0.4, 0.5) is 5.69 Å². The van der Waals surface area contributed by atoms with E-state index < -0.39 is 0 Å². The minimum absolute atomic E-state index is 0.117. The summed E-state index contributed by atoms with van der Waals surface area (Å²) in [4.78, 5) is 16.0. The Bertz CT molecular complexity index is 621. The molecule has 1 aliphatic rings. The largest absolute Gasteiger partial charge is 0.454 e. The maximum atomic E-state index is 11.9. The fourth-order valence-electron chi connectivity index (χ4n) is 1.89. The van der Waals surface area contributed by atoms with Crippen molar-refractivity contribution in [2.75, 3.05) is 12.1 Å². The van der Waals surface area contributed by atoms with E-state index in [2.05, 4.69) is 10.3 Å². The van der Waals surface area contributed by atoms with Crippen LogP contribution in [0.3, 0.4) is 0 Å². The van der Waals surface area contributed by atoms with E-state index >= 15 is 0 Å². The highest BCUT2D eigenvalue weighted by Crippen LogP contribution is 2.34. The van der Waals surface area contributed by atoms with Crippen LogP contribution >= 0.6 is 0 Å². The topological polar surface area (TPSA) is 65.4 Å². The van der Waals surface area contributed by atoms with Gasteiger partial charge < -0.3 is 19.4 Å². The molecule has 0 radical (unpaired) electrons. The van der Waals surface area contributed by atoms with E-state index in [4.69, 9.17) is 9.47 Å². The number of nitrogens with zero attached hydrogens (tertiary/aromatic N) is 2. The molecule has 0 fully saturated rings. The van der Waals surface area contributed by atoms with Crippen molar-refractivity contribution < 1.29 is 14.3 Å². The van der Waals surface area contributed by atoms with Gasteiger partial charge in [0, 0.05) is 31.2 Å². The van der Waals surface area contributed by atoms with E-state index in [1.165, 1.54) is 0 Å². The third-order valence-electron chi connectivity index (χ3n) is 2.90. The van der Waals surface area contributed by atoms with Crippen LogP contribution in [0.5, 0.6) is 11.5 Å². The fourth-order valence-corrected chi connectivity index (χ4v) is 1.89. The van der Waals surface area contributed by atoms with Crippen LogP contribution in [0.2, 0.25) is 0 Å². The van der Waals surface area contributed by atoms with Gasteiger partial charge in [0.25, 0.3) is 0 Å². The molecule has 6 heteroatoms. The average Bonchev–Trinajstić information content (AvgIpc) is 2.98. The number of fused-ring (bicyclic) bond motifs is 1. The standard InChI is InChI=1S/C13H13N3O3/c1-16-5-4-14-12(16)7-13(17)15-9-2-3-10-11(6-9)19-8-18-10/h2-6H,7-8H2,1H3,(H,15,17). The number of benzene rings is 1. The lowest BCUT2D eigenvalue weighted by Crippen LogP contribution is -2.16. The highest BCUT2D eigenvalue weighted by molar-refractivity contribution is 5.92. The van der Waals surface area contributed by atoms with Crippen molar-refractivity contribution in [2.45, 2.75) is 6.42 Å². The number of hydrogen-bond donors (Lipinski definition) is 1. The van der Waals surface area contributed by atoms with Gasteiger partial charge in [-0.25, -0.2) is 4.98 Å². The van der Waals surface area contributed by atoms with Gasteiger partial charge in [-0.05, 0) is 12.1 Å². The molecule has 0 saturated carbocycles. The molecule has 1 N–H and O–H groups in total. The number of carbonyl (C=O) groups excluding carboxylic acids is 1. The van der Waals surface area contributed by atoms with Crippen LogP contribution in [0.1, 0.15) is 5.82 Å². The van der Waals surface area contributed by atoms with E-state index in [1.807, 2.05) is 17.8 Å². The second-order valence-corrected chi connectivity index (χ2v) is 4.25. The smallest absolute Gasteiger partial charge is 0.231 e. The Labute approximate surface area is 110 Å². The Balaban J connectivity index is 1.68. The SMILES string of the molecule is Cn1ccnc1CC(=O)Nc1ccc2c(c1)OCO2. The molecule has 2 aromatic rings. The van der Waals surface area contributed by atoms with Gasteiger partial charge in [-0.1, -0.05) is 0 Å². The first kappa shape index (κ1) is 11.6. The van der Waals surface area contributed by atoms with E-state index in [0.29, 0.717) is 17.2 Å². The molecule has 0 atom stereocenters. The molecule has 1 aliphatic heterocycles. The van der Waals surface area contributed by atoms with Gasteiger partial charge in [0.05, 0.1) is 6.42 Å². The van der Waals surface area contributed by atoms with Gasteiger partial charge in [0.2, 0.25) is 12.7 Å². The molecule has 6 nitrogen and oxygen atoms in total. The Morgan fingerprint density at radius 1 is 1.42 bits per heavy atom. The summed E-state index contributed by atoms with van der Waals surface area (Å²) in [5, 5.41) is 2.81. The molecule has 1 aromatic carbocycles. The quantitative estimate of drug-likeness (QED) is 0.903. The number of ether oxygens (including phenoxy) is 2. The third kappa shape index (κ3) is 2.37. The lowest BCUT2D eigenvalue weighted by molar-refractivity contribution is -0.115. The van der Waals surface area contributed by atoms with Crippen LogP contribution in [0, 0.1) is 0 Å². The van der Waals surface area contributed by atoms with Gasteiger partial charge in [-0.15, -0.1) is 0 Å². The van der Waals surface area contributed by atoms with Gasteiger partial charge in [0.1, 0.15) is 5.82 Å². The molecule has 98 valence electrons. The van der Waals surface area contributed by atoms with Gasteiger partial charge in [-0.3, -0.25) is 4.79 Å². The number of imidazole rings is 1. The fraction of sp³-hybridized carbons (Fsp3) is 0.231. The Kier molecular flexibility index (Phi) is 2.83. The van der Waals surface area contributed by atoms with Crippen molar-refractivity contribution in [3.63, 3.8) is 0 Å². The first-order valence-electron chi connectivity index (χ1n) is 5.88. The lowest BCUT2D eigenvalue weighted by Gasteiger charge is -2.06. The summed E-state index contributed by atoms with van der Waals surface area (Å²) in [5.41, 5.74) is 0.684. The summed E-state index contributed by atoms with van der Waals surface area (Å²) in [5.74, 6) is 1.95. The molecule has 0 bridgehead atoms. The number of rotatable bonds is 3. The second kappa shape index (κ2) is 4.64. The summed E-state index contributed by atoms with van der Waals surface area (Å²) in [6, 6.07) is 5.31. The number of anilines is 1. The van der Waals surface area contributed by atoms with Crippen molar-refractivity contribution >= 4 is 11.6 Å². The van der Waals surface area contributed by atoms with E-state index in [1.54, 1.807) is 24.4 Å². The van der Waals surface area contributed by atoms with Crippen molar-refractivity contribution in [2.24, 2.45) is 7.05 Å². The zero-order chi connectivity index (χ0) is 13.2. The first-order valence-corrected chi connectivity index (χ1v) is 5.88. The molecular formula is C13H13N3O3. The normalized spacial score (nSPS) is 12.5. The molecule has 1 amide bonds. The minimum atomic E-state index is -0.117. The molecule has 0 saturated heterocycles. The predicted octanol–water partition coefficient (Wildman–Crippen LogP) is 1.33. The first-order chi connectivity index (χ1) is 9.22. The number of aromatic nitrogens is 2. The molecule has 0 spiro atoms. The Morgan fingerprint density at radius 2 is 2.26 bits per heavy atom. The van der Waals surface area contributed by atoms with Crippen LogP contribution < -0.4 is 14.8 Å². The number of nitrogens with one attached hydrogen (secondary N) is 1. The van der Waals surface area contributed by atoms with Crippen molar-refractivity contribution in [1.82, 2.24) is 9.55 Å². The number of hydrogen-bond acceptors (Lipinski definition) is 4. The Hall–Kier alpha value is -2.50. The van der Waals surface area contributed by atoms with Crippen molar-refractivity contribution in [3.8, 4) is 11.5 Å². The van der Waals surface area contributed by atoms with Crippen LogP contribution in [0.15, 0.2) is 30.6 Å². The second-order valence-electron chi connectivity index (χ2n) is 4.25. The summed E-state index contributed by atoms with van der Waals surface area (Å²) in [6.45, 7) is 0.222. The zero-order valence-corrected chi connectivity index (χ0v) is 10.4. The molecule has 19 heavy (non-hydrogen) atoms. The maximum Gasteiger partial charge on any atom is 0.231 e. The van der Waals surface area contributed by atoms with Gasteiger partial charge in [-0.2, -0.15) is 0 Å². The van der Waals surface area contributed by atoms with Gasteiger partial charge >= 0.3 is 0 Å². The third-order valence-corrected chi connectivity index (χ3v) is 2.90. The zero-order valence-electron chi connectivity index (χ0n) is 10.4. The van der Waals surface area contributed by atoms with Crippen molar-refractivity contribution in [3.05, 3.63) is 36.4 Å². The predicted molar refractivity (Wildman–Crippen MR) is 68.1 cm³/mol. The molecular weight excluding hydrogens is 246 g/mol. The van der Waals surface area contributed by atoms with E-state index in [0.717, 1.165) is 5.82 Å². The number of amides is 1. The lowest BCUT2D eigenvalue weighted by atomic mass is 10.2. The number of carbonyl (C=O) groups is 1. The molecule has 0 unspecified atom stereocenters. The summed E-state index contributed by atoms with van der Waals surface area (Å²) in [6.07, 6.45) is 3.71. The highest BCUT2D eigenvalue weighted by atomic mass is 16.7. The van der Waals surface area contributed by atoms with Crippen LogP contribution in [-0.4, -0.2) is 22.3 Å². The summed E-state index contributed by atoms with van der Waals surface area (Å²) in [7, 11) is 1.86. The average molecular weight is 259 g/mol. The highest BCUT2D eigenvalue weighted by Gasteiger charge is 2.14. The van der Waals surface area contributed by atoms with Crippen molar-refractivity contribution in [1.29, 1.82) is 0 Å².